The molecule has 0 aliphatic heterocycles. The lowest BCUT2D eigenvalue weighted by atomic mass is 15.9. The fourth-order valence-corrected chi connectivity index (χ4v) is 0.703. The first-order valence-electron chi connectivity index (χ1n) is 0.865. The van der Waals surface area contributed by atoms with Crippen LogP contribution >= 0.6 is 20.9 Å². The fourth-order valence-electron chi connectivity index (χ4n) is 0.0260. The van der Waals surface area contributed by atoms with Gasteiger partial charge in [0.25, 0.3) is 0 Å². The summed E-state index contributed by atoms with van der Waals surface area (Å²) < 4.78 is 25.1. The van der Waals surface area contributed by atoms with Crippen molar-refractivity contribution < 1.29 is 13.3 Å². The van der Waals surface area contributed by atoms with Gasteiger partial charge in [-0.05, 0) is 0 Å². The summed E-state index contributed by atoms with van der Waals surface area (Å²) in [5, 5.41) is 0. The molecular formula is H2O3S3. The zero-order valence-corrected chi connectivity index (χ0v) is 4.98. The topological polar surface area (TPSA) is 57.5 Å². The molecule has 0 bridgehead atoms. The van der Waals surface area contributed by atoms with Crippen molar-refractivity contribution in [1.82, 2.24) is 0 Å². The van der Waals surface area contributed by atoms with Gasteiger partial charge in [-0.25, -0.2) is 4.21 Å². The summed E-state index contributed by atoms with van der Waals surface area (Å²) in [6.07, 6.45) is 0. The number of rotatable bonds is 2. The van der Waals surface area contributed by atoms with Crippen molar-refractivity contribution in [3.63, 3.8) is 0 Å². The van der Waals surface area contributed by atoms with Gasteiger partial charge in [0.15, 0.2) is 0 Å². The molecule has 0 saturated carbocycles. The van der Waals surface area contributed by atoms with E-state index in [1.54, 1.807) is 0 Å². The molecular weight excluding hydrogens is 144 g/mol. The van der Waals surface area contributed by atoms with Gasteiger partial charge in [0, 0.05) is 0 Å². The molecule has 0 aromatic carbocycles. The van der Waals surface area contributed by atoms with Crippen molar-refractivity contribution in [2.24, 2.45) is 0 Å². The van der Waals surface area contributed by atoms with Crippen molar-refractivity contribution >= 4 is 31.0 Å². The molecule has 0 aliphatic carbocycles. The summed E-state index contributed by atoms with van der Waals surface area (Å²) in [6, 6.07) is 0. The van der Waals surface area contributed by atoms with Gasteiger partial charge in [-0.1, -0.05) is 0 Å². The van der Waals surface area contributed by atoms with Crippen LogP contribution in [0.2, 0.25) is 0 Å². The van der Waals surface area contributed by atoms with Gasteiger partial charge < -0.3 is 4.55 Å². The van der Waals surface area contributed by atoms with E-state index in [4.69, 9.17) is 9.11 Å². The largest absolute Gasteiger partial charge is 0.320 e. The maximum atomic E-state index is 9.49. The Morgan fingerprint density at radius 2 is 2.17 bits per heavy atom. The minimum Gasteiger partial charge on any atom is -0.320 e. The summed E-state index contributed by atoms with van der Waals surface area (Å²) >= 11 is 0.276. The van der Waals surface area contributed by atoms with Crippen molar-refractivity contribution in [3.05, 3.63) is 0 Å². The molecule has 0 spiro atoms. The number of hydrogen-bond donors (Lipinski definition) is 2. The minimum atomic E-state index is -1.94. The Kier molecular flexibility index (Phi) is 4.45. The molecule has 6 heteroatoms. The van der Waals surface area contributed by atoms with E-state index in [2.05, 4.69) is 0 Å². The second-order valence-electron chi connectivity index (χ2n) is 0.360. The highest BCUT2D eigenvalue weighted by Crippen LogP contribution is 2.18. The number of hydrogen-bond acceptors (Lipinski definition) is 4. The van der Waals surface area contributed by atoms with E-state index >= 15 is 0 Å². The van der Waals surface area contributed by atoms with E-state index in [1.165, 1.54) is 0 Å². The maximum Gasteiger partial charge on any atom is 0.229 e. The lowest BCUT2D eigenvalue weighted by Gasteiger charge is -1.78. The highest BCUT2D eigenvalue weighted by molar-refractivity contribution is 9.03. The predicted octanol–water partition coefficient (Wildman–Crippen LogP) is 0.978. The molecule has 1 unspecified atom stereocenters. The minimum absolute atomic E-state index is 0.276. The monoisotopic (exact) mass is 146 g/mol. The summed E-state index contributed by atoms with van der Waals surface area (Å²) in [5.74, 6) is 0. The van der Waals surface area contributed by atoms with Gasteiger partial charge in [0.2, 0.25) is 10.1 Å². The molecule has 1 atom stereocenters. The third-order valence-electron chi connectivity index (χ3n) is 0.0886. The molecule has 0 fully saturated rings. The molecule has 0 heterocycles. The maximum absolute atomic E-state index is 9.49. The smallest absolute Gasteiger partial charge is 0.229 e. The lowest BCUT2D eigenvalue weighted by molar-refractivity contribution is 0.581. The van der Waals surface area contributed by atoms with E-state index in [0.29, 0.717) is 9.83 Å². The van der Waals surface area contributed by atoms with Crippen molar-refractivity contribution in [3.8, 4) is 0 Å². The third-order valence-corrected chi connectivity index (χ3v) is 2.39. The molecule has 38 valence electrons. The van der Waals surface area contributed by atoms with Gasteiger partial charge in [-0.15, -0.1) is 0 Å². The van der Waals surface area contributed by atoms with Gasteiger partial charge in [0.05, 0.1) is 20.9 Å². The Hall–Kier alpha value is 0.770. The molecule has 0 aromatic rings. The van der Waals surface area contributed by atoms with Crippen molar-refractivity contribution in [1.29, 1.82) is 0 Å². The molecule has 3 nitrogen and oxygen atoms in total. The van der Waals surface area contributed by atoms with E-state index in [0.717, 1.165) is 0 Å². The summed E-state index contributed by atoms with van der Waals surface area (Å²) in [5.41, 5.74) is 0. The quantitative estimate of drug-likeness (QED) is 0.345. The summed E-state index contributed by atoms with van der Waals surface area (Å²) in [6.45, 7) is 0. The summed E-state index contributed by atoms with van der Waals surface area (Å²) in [7, 11) is -1.45. The molecule has 0 amide bonds. The molecule has 0 aliphatic rings. The first kappa shape index (κ1) is 6.77. The zero-order chi connectivity index (χ0) is 4.99. The Balaban J connectivity index is 2.83. The van der Waals surface area contributed by atoms with Crippen LogP contribution in [0.3, 0.4) is 0 Å². The Morgan fingerprint density at radius 1 is 1.67 bits per heavy atom. The standard InChI is InChI=1S/H2O3S3/c1-4-5-6(2)3/h1H,(H,2,3). The van der Waals surface area contributed by atoms with E-state index < -0.39 is 10.1 Å². The Morgan fingerprint density at radius 3 is 2.17 bits per heavy atom. The Labute approximate surface area is 44.8 Å². The van der Waals surface area contributed by atoms with Gasteiger partial charge >= 0.3 is 0 Å². The highest BCUT2D eigenvalue weighted by Gasteiger charge is 1.87. The van der Waals surface area contributed by atoms with Crippen LogP contribution in [0, 0.1) is 0 Å². The van der Waals surface area contributed by atoms with Crippen molar-refractivity contribution in [2.75, 3.05) is 0 Å². The second kappa shape index (κ2) is 3.94. The molecule has 0 saturated heterocycles. The van der Waals surface area contributed by atoms with Crippen molar-refractivity contribution in [2.45, 2.75) is 0 Å². The zero-order valence-electron chi connectivity index (χ0n) is 2.53. The first-order valence-corrected chi connectivity index (χ1v) is 4.60. The van der Waals surface area contributed by atoms with Crippen LogP contribution in [-0.4, -0.2) is 13.3 Å². The predicted molar refractivity (Wildman–Crippen MR) is 28.6 cm³/mol. The van der Waals surface area contributed by atoms with Gasteiger partial charge in [-0.3, -0.25) is 4.55 Å². The average molecular weight is 146 g/mol. The van der Waals surface area contributed by atoms with Crippen LogP contribution < -0.4 is 0 Å². The highest BCUT2D eigenvalue weighted by atomic mass is 33.5. The first-order chi connectivity index (χ1) is 2.77. The fraction of sp³-hybridized carbons (Fsp3) is 0. The summed E-state index contributed by atoms with van der Waals surface area (Å²) in [4.78, 5) is 0. The normalized spacial score (nSPS) is 14.3. The van der Waals surface area contributed by atoms with E-state index in [-0.39, 0.29) is 11.1 Å². The molecule has 6 heavy (non-hydrogen) atoms. The van der Waals surface area contributed by atoms with Crippen LogP contribution in [0.1, 0.15) is 0 Å². The molecule has 2 N–H and O–H groups in total. The molecule has 0 aromatic heterocycles. The SMILES string of the molecule is O=S(O)SSO. The lowest BCUT2D eigenvalue weighted by Crippen LogP contribution is -1.68. The van der Waals surface area contributed by atoms with Crippen LogP contribution in [-0.2, 0) is 10.1 Å². The van der Waals surface area contributed by atoms with Crippen LogP contribution in [0.4, 0.5) is 0 Å². The van der Waals surface area contributed by atoms with Gasteiger partial charge in [0.1, 0.15) is 0 Å². The van der Waals surface area contributed by atoms with E-state index in [1.807, 2.05) is 0 Å². The average Bonchev–Trinajstić information content (AvgIpc) is 1.35. The van der Waals surface area contributed by atoms with Crippen LogP contribution in [0.5, 0.6) is 0 Å². The molecule has 0 rings (SSSR count). The van der Waals surface area contributed by atoms with E-state index in [9.17, 15) is 4.21 Å². The van der Waals surface area contributed by atoms with Crippen LogP contribution in [0.25, 0.3) is 0 Å². The van der Waals surface area contributed by atoms with Crippen LogP contribution in [0.15, 0.2) is 0 Å². The second-order valence-corrected chi connectivity index (χ2v) is 4.01. The van der Waals surface area contributed by atoms with Gasteiger partial charge in [-0.2, -0.15) is 0 Å². The molecule has 0 radical (unpaired) electrons. The third kappa shape index (κ3) is 4.77. The Bertz CT molecular complexity index is 50.0.